The van der Waals surface area contributed by atoms with Crippen molar-refractivity contribution in [2.45, 2.75) is 6.92 Å². The molecule has 2 saturated heterocycles. The molecular formula is C20H26BrN7O4. The number of ether oxygens (including phenoxy) is 3. The van der Waals surface area contributed by atoms with Crippen molar-refractivity contribution < 1.29 is 19.3 Å². The van der Waals surface area contributed by atoms with Crippen molar-refractivity contribution in [2.75, 3.05) is 74.4 Å². The highest BCUT2D eigenvalue weighted by Crippen LogP contribution is 2.33. The zero-order valence-corrected chi connectivity index (χ0v) is 19.4. The standard InChI is InChI=1S/C20H26BrN7O4/c1-2-32-16-12-15(21)11-14(17(16)29)13-22-26-18-23-19(27-3-7-30-8-4-27)25-20(24-18)28-5-9-31-10-6-28/h11-13,29H,2-10H2,1H3,(H,23,24,25,26). The fourth-order valence-electron chi connectivity index (χ4n) is 3.33. The lowest BCUT2D eigenvalue weighted by Gasteiger charge is -2.30. The minimum Gasteiger partial charge on any atom is -0.504 e. The molecule has 2 aromatic rings. The first-order valence-corrected chi connectivity index (χ1v) is 11.3. The Kier molecular flexibility index (Phi) is 7.55. The molecule has 0 unspecified atom stereocenters. The predicted octanol–water partition coefficient (Wildman–Crippen LogP) is 1.86. The van der Waals surface area contributed by atoms with E-state index < -0.39 is 0 Å². The molecule has 0 spiro atoms. The number of nitrogens with zero attached hydrogens (tertiary/aromatic N) is 6. The number of halogens is 1. The van der Waals surface area contributed by atoms with Gasteiger partial charge in [0.25, 0.3) is 0 Å². The van der Waals surface area contributed by atoms with Crippen molar-refractivity contribution in [2.24, 2.45) is 5.10 Å². The smallest absolute Gasteiger partial charge is 0.250 e. The molecule has 0 amide bonds. The van der Waals surface area contributed by atoms with E-state index in [1.165, 1.54) is 6.21 Å². The largest absolute Gasteiger partial charge is 0.504 e. The number of morpholine rings is 2. The Hall–Kier alpha value is -2.70. The van der Waals surface area contributed by atoms with Gasteiger partial charge in [-0.3, -0.25) is 0 Å². The van der Waals surface area contributed by atoms with Crippen molar-refractivity contribution >= 4 is 40.0 Å². The molecule has 4 rings (SSSR count). The molecule has 1 aromatic heterocycles. The van der Waals surface area contributed by atoms with Gasteiger partial charge in [-0.2, -0.15) is 20.1 Å². The van der Waals surface area contributed by atoms with E-state index in [-0.39, 0.29) is 5.75 Å². The minimum atomic E-state index is 0.0132. The lowest BCUT2D eigenvalue weighted by Crippen LogP contribution is -2.40. The quantitative estimate of drug-likeness (QED) is 0.424. The number of aromatic nitrogens is 3. The number of phenolic OH excluding ortho intramolecular Hbond substituents is 1. The summed E-state index contributed by atoms with van der Waals surface area (Å²) in [5, 5.41) is 14.7. The number of aromatic hydroxyl groups is 1. The van der Waals surface area contributed by atoms with Crippen molar-refractivity contribution in [3.8, 4) is 11.5 Å². The number of hydrogen-bond donors (Lipinski definition) is 2. The summed E-state index contributed by atoms with van der Waals surface area (Å²) >= 11 is 3.42. The second kappa shape index (κ2) is 10.7. The highest BCUT2D eigenvalue weighted by Gasteiger charge is 2.20. The van der Waals surface area contributed by atoms with Crippen LogP contribution in [0, 0.1) is 0 Å². The van der Waals surface area contributed by atoms with Crippen LogP contribution >= 0.6 is 15.9 Å². The lowest BCUT2D eigenvalue weighted by molar-refractivity contribution is 0.121. The highest BCUT2D eigenvalue weighted by molar-refractivity contribution is 9.10. The van der Waals surface area contributed by atoms with Crippen molar-refractivity contribution in [3.63, 3.8) is 0 Å². The van der Waals surface area contributed by atoms with Gasteiger partial charge in [-0.25, -0.2) is 5.43 Å². The monoisotopic (exact) mass is 507 g/mol. The van der Waals surface area contributed by atoms with Crippen LogP contribution < -0.4 is 20.0 Å². The summed E-state index contributed by atoms with van der Waals surface area (Å²) in [5.74, 6) is 1.86. The summed E-state index contributed by atoms with van der Waals surface area (Å²) in [6.07, 6.45) is 1.50. The van der Waals surface area contributed by atoms with Crippen LogP contribution in [0.1, 0.15) is 12.5 Å². The van der Waals surface area contributed by atoms with Crippen LogP contribution in [0.4, 0.5) is 17.8 Å². The average molecular weight is 508 g/mol. The molecule has 0 aliphatic carbocycles. The van der Waals surface area contributed by atoms with Gasteiger partial charge in [-0.15, -0.1) is 0 Å². The molecule has 0 saturated carbocycles. The number of hydrogen-bond acceptors (Lipinski definition) is 11. The van der Waals surface area contributed by atoms with Crippen molar-refractivity contribution in [1.29, 1.82) is 0 Å². The first-order valence-electron chi connectivity index (χ1n) is 10.5. The normalized spacial score (nSPS) is 17.1. The zero-order chi connectivity index (χ0) is 22.3. The van der Waals surface area contributed by atoms with Gasteiger partial charge in [-0.05, 0) is 19.1 Å². The van der Waals surface area contributed by atoms with Crippen LogP contribution in [0.15, 0.2) is 21.7 Å². The van der Waals surface area contributed by atoms with Crippen LogP contribution in [-0.2, 0) is 9.47 Å². The summed E-state index contributed by atoms with van der Waals surface area (Å²) in [5.41, 5.74) is 3.37. The number of rotatable bonds is 7. The Morgan fingerprint density at radius 3 is 2.22 bits per heavy atom. The van der Waals surface area contributed by atoms with Gasteiger partial charge < -0.3 is 29.1 Å². The maximum Gasteiger partial charge on any atom is 0.250 e. The van der Waals surface area contributed by atoms with Gasteiger partial charge in [-0.1, -0.05) is 15.9 Å². The Balaban J connectivity index is 1.57. The molecule has 2 fully saturated rings. The second-order valence-electron chi connectivity index (χ2n) is 7.10. The van der Waals surface area contributed by atoms with E-state index in [1.54, 1.807) is 12.1 Å². The van der Waals surface area contributed by atoms with Crippen LogP contribution in [0.5, 0.6) is 11.5 Å². The summed E-state index contributed by atoms with van der Waals surface area (Å²) in [6.45, 7) is 7.65. The van der Waals surface area contributed by atoms with Gasteiger partial charge in [0.2, 0.25) is 17.8 Å². The minimum absolute atomic E-state index is 0.0132. The van der Waals surface area contributed by atoms with E-state index >= 15 is 0 Å². The number of phenols is 1. The third-order valence-electron chi connectivity index (χ3n) is 4.94. The van der Waals surface area contributed by atoms with E-state index in [9.17, 15) is 5.11 Å². The molecule has 2 N–H and O–H groups in total. The molecule has 3 heterocycles. The Morgan fingerprint density at radius 2 is 1.66 bits per heavy atom. The molecule has 172 valence electrons. The lowest BCUT2D eigenvalue weighted by atomic mass is 10.2. The van der Waals surface area contributed by atoms with E-state index in [0.29, 0.717) is 88.4 Å². The molecule has 0 bridgehead atoms. The maximum atomic E-state index is 10.4. The van der Waals surface area contributed by atoms with Crippen molar-refractivity contribution in [1.82, 2.24) is 15.0 Å². The summed E-state index contributed by atoms with van der Waals surface area (Å²) in [7, 11) is 0. The molecule has 2 aliphatic rings. The van der Waals surface area contributed by atoms with Crippen LogP contribution in [-0.4, -0.2) is 85.5 Å². The van der Waals surface area contributed by atoms with Gasteiger partial charge in [0, 0.05) is 36.2 Å². The third kappa shape index (κ3) is 5.56. The first-order chi connectivity index (χ1) is 15.6. The fraction of sp³-hybridized carbons (Fsp3) is 0.500. The third-order valence-corrected chi connectivity index (χ3v) is 5.39. The van der Waals surface area contributed by atoms with Crippen LogP contribution in [0.2, 0.25) is 0 Å². The molecule has 11 nitrogen and oxygen atoms in total. The molecule has 32 heavy (non-hydrogen) atoms. The molecule has 2 aliphatic heterocycles. The van der Waals surface area contributed by atoms with Gasteiger partial charge in [0.1, 0.15) is 0 Å². The molecule has 12 heteroatoms. The zero-order valence-electron chi connectivity index (χ0n) is 17.8. The number of nitrogens with one attached hydrogen (secondary N) is 1. The number of hydrazone groups is 1. The highest BCUT2D eigenvalue weighted by atomic mass is 79.9. The number of benzene rings is 1. The predicted molar refractivity (Wildman–Crippen MR) is 124 cm³/mol. The molecular weight excluding hydrogens is 482 g/mol. The van der Waals surface area contributed by atoms with E-state index in [0.717, 1.165) is 4.47 Å². The first kappa shape index (κ1) is 22.5. The molecule has 1 aromatic carbocycles. The Labute approximate surface area is 194 Å². The van der Waals surface area contributed by atoms with Gasteiger partial charge in [0.15, 0.2) is 11.5 Å². The topological polar surface area (TPSA) is 117 Å². The summed E-state index contributed by atoms with van der Waals surface area (Å²) in [6, 6.07) is 3.45. The number of anilines is 3. The van der Waals surface area contributed by atoms with Crippen LogP contribution in [0.25, 0.3) is 0 Å². The Bertz CT molecular complexity index is 914. The van der Waals surface area contributed by atoms with E-state index in [4.69, 9.17) is 14.2 Å². The fourth-order valence-corrected chi connectivity index (χ4v) is 3.79. The summed E-state index contributed by atoms with van der Waals surface area (Å²) < 4.78 is 17.1. The second-order valence-corrected chi connectivity index (χ2v) is 8.02. The van der Waals surface area contributed by atoms with Gasteiger partial charge in [0.05, 0.1) is 39.2 Å². The van der Waals surface area contributed by atoms with Crippen LogP contribution in [0.3, 0.4) is 0 Å². The SMILES string of the molecule is CCOc1cc(Br)cc(C=NNc2nc(N3CCOCC3)nc(N3CCOCC3)n2)c1O. The maximum absolute atomic E-state index is 10.4. The summed E-state index contributed by atoms with van der Waals surface area (Å²) in [4.78, 5) is 17.9. The molecule has 0 radical (unpaired) electrons. The molecule has 0 atom stereocenters. The Morgan fingerprint density at radius 1 is 1.06 bits per heavy atom. The van der Waals surface area contributed by atoms with E-state index in [1.807, 2.05) is 6.92 Å². The van der Waals surface area contributed by atoms with E-state index in [2.05, 4.69) is 51.2 Å². The van der Waals surface area contributed by atoms with Crippen molar-refractivity contribution in [3.05, 3.63) is 22.2 Å². The average Bonchev–Trinajstić information content (AvgIpc) is 2.83. The van der Waals surface area contributed by atoms with Gasteiger partial charge >= 0.3 is 0 Å².